The highest BCUT2D eigenvalue weighted by atomic mass is 35.5. The second-order valence-corrected chi connectivity index (χ2v) is 9.99. The average Bonchev–Trinajstić information content (AvgIpc) is 3.31. The Labute approximate surface area is 204 Å². The Hall–Kier alpha value is -3.30. The van der Waals surface area contributed by atoms with Gasteiger partial charge in [0.15, 0.2) is 0 Å². The number of carbonyl (C=O) groups is 2. The van der Waals surface area contributed by atoms with E-state index in [-0.39, 0.29) is 37.7 Å². The van der Waals surface area contributed by atoms with Gasteiger partial charge in [-0.2, -0.15) is 0 Å². The van der Waals surface area contributed by atoms with E-state index in [4.69, 9.17) is 16.0 Å². The summed E-state index contributed by atoms with van der Waals surface area (Å²) >= 11 is 6.15. The number of hydrogen-bond acceptors (Lipinski definition) is 5. The van der Waals surface area contributed by atoms with Gasteiger partial charge in [-0.3, -0.25) is 13.9 Å². The predicted molar refractivity (Wildman–Crippen MR) is 133 cm³/mol. The van der Waals surface area contributed by atoms with E-state index in [0.717, 1.165) is 6.26 Å². The van der Waals surface area contributed by atoms with Gasteiger partial charge < -0.3 is 15.1 Å². The van der Waals surface area contributed by atoms with Crippen molar-refractivity contribution in [3.63, 3.8) is 0 Å². The minimum absolute atomic E-state index is 0.0635. The summed E-state index contributed by atoms with van der Waals surface area (Å²) in [5.41, 5.74) is 1.81. The maximum atomic E-state index is 12.6. The second kappa shape index (κ2) is 11.2. The van der Waals surface area contributed by atoms with Crippen molar-refractivity contribution in [3.05, 3.63) is 82.8 Å². The van der Waals surface area contributed by atoms with Crippen LogP contribution in [-0.2, 0) is 21.4 Å². The van der Waals surface area contributed by atoms with Gasteiger partial charge in [0, 0.05) is 18.0 Å². The molecule has 3 rings (SSSR count). The van der Waals surface area contributed by atoms with E-state index in [1.165, 1.54) is 10.6 Å². The molecule has 0 aliphatic carbocycles. The molecule has 0 fully saturated rings. The Kier molecular flexibility index (Phi) is 8.36. The number of anilines is 2. The number of sulfonamides is 1. The maximum Gasteiger partial charge on any atom is 0.253 e. The quantitative estimate of drug-likeness (QED) is 0.427. The van der Waals surface area contributed by atoms with Crippen LogP contribution in [0, 0.1) is 6.92 Å². The Morgan fingerprint density at radius 3 is 2.53 bits per heavy atom. The Balaban J connectivity index is 1.61. The van der Waals surface area contributed by atoms with Gasteiger partial charge in [0.1, 0.15) is 5.76 Å². The second-order valence-electron chi connectivity index (χ2n) is 7.68. The molecule has 2 amide bonds. The lowest BCUT2D eigenvalue weighted by Gasteiger charge is -2.24. The van der Waals surface area contributed by atoms with Crippen LogP contribution in [0.25, 0.3) is 0 Å². The van der Waals surface area contributed by atoms with Gasteiger partial charge in [-0.15, -0.1) is 0 Å². The zero-order chi connectivity index (χ0) is 24.7. The van der Waals surface area contributed by atoms with E-state index in [0.29, 0.717) is 33.3 Å². The van der Waals surface area contributed by atoms with Crippen molar-refractivity contribution in [1.82, 2.24) is 5.32 Å². The van der Waals surface area contributed by atoms with E-state index in [9.17, 15) is 18.0 Å². The smallest absolute Gasteiger partial charge is 0.253 e. The van der Waals surface area contributed by atoms with E-state index >= 15 is 0 Å². The zero-order valence-electron chi connectivity index (χ0n) is 18.9. The molecule has 3 aromatic rings. The van der Waals surface area contributed by atoms with Crippen molar-refractivity contribution in [1.29, 1.82) is 0 Å². The fourth-order valence-electron chi connectivity index (χ4n) is 3.39. The molecule has 0 saturated carbocycles. The topological polar surface area (TPSA) is 109 Å². The first-order chi connectivity index (χ1) is 16.2. The first-order valence-corrected chi connectivity index (χ1v) is 12.8. The van der Waals surface area contributed by atoms with Crippen LogP contribution < -0.4 is 14.9 Å². The number of furan rings is 1. The first-order valence-electron chi connectivity index (χ1n) is 10.6. The summed E-state index contributed by atoms with van der Waals surface area (Å²) < 4.78 is 31.2. The zero-order valence-corrected chi connectivity index (χ0v) is 20.4. The monoisotopic (exact) mass is 503 g/mol. The number of amides is 2. The molecular weight excluding hydrogens is 478 g/mol. The van der Waals surface area contributed by atoms with Crippen LogP contribution in [0.3, 0.4) is 0 Å². The molecule has 8 nitrogen and oxygen atoms in total. The molecule has 2 aromatic carbocycles. The number of rotatable bonds is 10. The summed E-state index contributed by atoms with van der Waals surface area (Å²) in [4.78, 5) is 25.2. The van der Waals surface area contributed by atoms with Crippen molar-refractivity contribution < 1.29 is 22.4 Å². The van der Waals surface area contributed by atoms with Crippen molar-refractivity contribution >= 4 is 44.8 Å². The van der Waals surface area contributed by atoms with E-state index in [1.54, 1.807) is 61.5 Å². The highest BCUT2D eigenvalue weighted by Crippen LogP contribution is 2.28. The van der Waals surface area contributed by atoms with Crippen molar-refractivity contribution in [2.45, 2.75) is 26.3 Å². The standard InChI is InChI=1S/C24H26ClN3O5S/c1-17-20(25)10-5-12-22(17)28(34(2,31)32)14-6-13-23(29)27-21-11-4-3-9-19(21)24(30)26-16-18-8-7-15-33-18/h3-5,7-12,15H,6,13-14,16H2,1-2H3,(H,26,30)(H,27,29). The molecule has 0 radical (unpaired) electrons. The highest BCUT2D eigenvalue weighted by molar-refractivity contribution is 7.92. The summed E-state index contributed by atoms with van der Waals surface area (Å²) in [6.07, 6.45) is 2.98. The van der Waals surface area contributed by atoms with Crippen LogP contribution in [0.2, 0.25) is 5.02 Å². The van der Waals surface area contributed by atoms with Crippen LogP contribution in [0.4, 0.5) is 11.4 Å². The molecule has 1 heterocycles. The highest BCUT2D eigenvalue weighted by Gasteiger charge is 2.20. The summed E-state index contributed by atoms with van der Waals surface area (Å²) in [5.74, 6) is -0.0743. The van der Waals surface area contributed by atoms with Crippen molar-refractivity contribution in [2.75, 3.05) is 22.4 Å². The summed E-state index contributed by atoms with van der Waals surface area (Å²) in [5, 5.41) is 5.96. The molecule has 2 N–H and O–H groups in total. The molecule has 1 aromatic heterocycles. The number of carbonyl (C=O) groups excluding carboxylic acids is 2. The Morgan fingerprint density at radius 2 is 1.82 bits per heavy atom. The number of benzene rings is 2. The van der Waals surface area contributed by atoms with Crippen LogP contribution in [0.15, 0.2) is 65.3 Å². The predicted octanol–water partition coefficient (Wildman–Crippen LogP) is 4.36. The first kappa shape index (κ1) is 25.3. The minimum Gasteiger partial charge on any atom is -0.467 e. The van der Waals surface area contributed by atoms with Crippen molar-refractivity contribution in [3.8, 4) is 0 Å². The van der Waals surface area contributed by atoms with Crippen LogP contribution in [-0.4, -0.2) is 33.0 Å². The van der Waals surface area contributed by atoms with Gasteiger partial charge in [-0.25, -0.2) is 8.42 Å². The number of nitrogens with zero attached hydrogens (tertiary/aromatic N) is 1. The molecule has 0 saturated heterocycles. The van der Waals surface area contributed by atoms with Gasteiger partial charge >= 0.3 is 0 Å². The largest absolute Gasteiger partial charge is 0.467 e. The summed E-state index contributed by atoms with van der Waals surface area (Å²) in [6, 6.07) is 15.2. The molecule has 0 unspecified atom stereocenters. The fourth-order valence-corrected chi connectivity index (χ4v) is 4.58. The lowest BCUT2D eigenvalue weighted by atomic mass is 10.1. The van der Waals surface area contributed by atoms with Gasteiger partial charge in [0.25, 0.3) is 5.91 Å². The normalized spacial score (nSPS) is 11.1. The number of para-hydroxylation sites is 1. The molecule has 0 aliphatic heterocycles. The number of nitrogens with one attached hydrogen (secondary N) is 2. The maximum absolute atomic E-state index is 12.6. The SMILES string of the molecule is Cc1c(Cl)cccc1N(CCCC(=O)Nc1ccccc1C(=O)NCc1ccco1)S(C)(=O)=O. The molecule has 0 spiro atoms. The Bertz CT molecular complexity index is 1260. The van der Waals surface area contributed by atoms with Gasteiger partial charge in [0.2, 0.25) is 15.9 Å². The third kappa shape index (κ3) is 6.61. The average molecular weight is 504 g/mol. The molecule has 180 valence electrons. The van der Waals surface area contributed by atoms with Crippen molar-refractivity contribution in [2.24, 2.45) is 0 Å². The summed E-state index contributed by atoms with van der Waals surface area (Å²) in [7, 11) is -3.57. The lowest BCUT2D eigenvalue weighted by molar-refractivity contribution is -0.116. The fraction of sp³-hybridized carbons (Fsp3) is 0.250. The lowest BCUT2D eigenvalue weighted by Crippen LogP contribution is -2.32. The number of halogens is 1. The van der Waals surface area contributed by atoms with E-state index in [1.807, 2.05) is 0 Å². The van der Waals surface area contributed by atoms with E-state index in [2.05, 4.69) is 10.6 Å². The minimum atomic E-state index is -3.57. The molecule has 34 heavy (non-hydrogen) atoms. The van der Waals surface area contributed by atoms with Gasteiger partial charge in [-0.05, 0) is 55.3 Å². The van der Waals surface area contributed by atoms with Crippen LogP contribution >= 0.6 is 11.6 Å². The summed E-state index contributed by atoms with van der Waals surface area (Å²) in [6.45, 7) is 2.08. The van der Waals surface area contributed by atoms with Crippen LogP contribution in [0.1, 0.15) is 34.5 Å². The number of hydrogen-bond donors (Lipinski definition) is 2. The molecule has 0 atom stereocenters. The third-order valence-corrected chi connectivity index (χ3v) is 6.71. The molecule has 0 bridgehead atoms. The van der Waals surface area contributed by atoms with Crippen LogP contribution in [0.5, 0.6) is 0 Å². The molecule has 0 aliphatic rings. The van der Waals surface area contributed by atoms with E-state index < -0.39 is 10.0 Å². The molecular formula is C24H26ClN3O5S. The van der Waals surface area contributed by atoms with Gasteiger partial charge in [-0.1, -0.05) is 29.8 Å². The molecule has 10 heteroatoms. The van der Waals surface area contributed by atoms with Gasteiger partial charge in [0.05, 0.1) is 36.0 Å². The third-order valence-electron chi connectivity index (χ3n) is 5.12. The Morgan fingerprint density at radius 1 is 1.06 bits per heavy atom.